The van der Waals surface area contributed by atoms with E-state index in [1.807, 2.05) is 30.5 Å². The van der Waals surface area contributed by atoms with Gasteiger partial charge in [0.15, 0.2) is 0 Å². The Bertz CT molecular complexity index is 477. The first-order chi connectivity index (χ1) is 9.10. The number of carbonyl (C=O) groups excluding carboxylic acids is 1. The van der Waals surface area contributed by atoms with Crippen molar-refractivity contribution in [3.63, 3.8) is 0 Å². The molecule has 2 rings (SSSR count). The van der Waals surface area contributed by atoms with Crippen molar-refractivity contribution in [1.82, 2.24) is 5.32 Å². The van der Waals surface area contributed by atoms with Crippen molar-refractivity contribution >= 4 is 29.6 Å². The molecule has 1 heterocycles. The van der Waals surface area contributed by atoms with Gasteiger partial charge in [-0.3, -0.25) is 4.90 Å². The molecule has 0 saturated carbocycles. The molecule has 1 saturated heterocycles. The zero-order valence-electron chi connectivity index (χ0n) is 10.3. The quantitative estimate of drug-likeness (QED) is 0.826. The standard InChI is InChI=1S/C12H14N2O4S/c1-19-10-4-2-8(3-5-10)14-7-9(18-12(14)17)6-13-11(15)16/h2-5,9,13H,6-7H2,1H3,(H,15,16). The van der Waals surface area contributed by atoms with Crippen LogP contribution < -0.4 is 10.2 Å². The maximum absolute atomic E-state index is 11.7. The Morgan fingerprint density at radius 3 is 2.79 bits per heavy atom. The average Bonchev–Trinajstić information content (AvgIpc) is 2.78. The molecule has 0 radical (unpaired) electrons. The van der Waals surface area contributed by atoms with Crippen LogP contribution in [0.1, 0.15) is 0 Å². The number of rotatable bonds is 4. The number of hydrogen-bond donors (Lipinski definition) is 2. The molecule has 1 aliphatic rings. The second-order valence-electron chi connectivity index (χ2n) is 4.00. The average molecular weight is 282 g/mol. The third-order valence-corrected chi connectivity index (χ3v) is 3.48. The van der Waals surface area contributed by atoms with E-state index in [0.717, 1.165) is 10.6 Å². The topological polar surface area (TPSA) is 78.9 Å². The van der Waals surface area contributed by atoms with Crippen LogP contribution in [-0.2, 0) is 4.74 Å². The zero-order valence-corrected chi connectivity index (χ0v) is 11.1. The Morgan fingerprint density at radius 1 is 1.53 bits per heavy atom. The molecule has 1 aromatic carbocycles. The molecule has 1 unspecified atom stereocenters. The summed E-state index contributed by atoms with van der Waals surface area (Å²) in [4.78, 5) is 24.7. The van der Waals surface area contributed by atoms with Crippen LogP contribution >= 0.6 is 11.8 Å². The number of thioether (sulfide) groups is 1. The lowest BCUT2D eigenvalue weighted by atomic mass is 10.2. The van der Waals surface area contributed by atoms with Gasteiger partial charge >= 0.3 is 12.2 Å². The van der Waals surface area contributed by atoms with Crippen LogP contribution in [-0.4, -0.2) is 42.7 Å². The van der Waals surface area contributed by atoms with Crippen LogP contribution in [0.2, 0.25) is 0 Å². The Balaban J connectivity index is 2.00. The molecule has 0 aliphatic carbocycles. The molecule has 19 heavy (non-hydrogen) atoms. The third-order valence-electron chi connectivity index (χ3n) is 2.74. The SMILES string of the molecule is CSc1ccc(N2CC(CNC(=O)O)OC2=O)cc1. The van der Waals surface area contributed by atoms with Gasteiger partial charge in [-0.1, -0.05) is 0 Å². The van der Waals surface area contributed by atoms with Gasteiger partial charge in [-0.05, 0) is 30.5 Å². The maximum Gasteiger partial charge on any atom is 0.414 e. The Hall–Kier alpha value is -1.89. The number of benzene rings is 1. The summed E-state index contributed by atoms with van der Waals surface area (Å²) < 4.78 is 5.09. The zero-order chi connectivity index (χ0) is 13.8. The van der Waals surface area contributed by atoms with Gasteiger partial charge in [-0.25, -0.2) is 9.59 Å². The van der Waals surface area contributed by atoms with E-state index >= 15 is 0 Å². The highest BCUT2D eigenvalue weighted by Crippen LogP contribution is 2.24. The summed E-state index contributed by atoms with van der Waals surface area (Å²) in [6, 6.07) is 7.55. The summed E-state index contributed by atoms with van der Waals surface area (Å²) in [5, 5.41) is 10.7. The van der Waals surface area contributed by atoms with Crippen LogP contribution in [0.4, 0.5) is 15.3 Å². The first-order valence-electron chi connectivity index (χ1n) is 5.69. The second-order valence-corrected chi connectivity index (χ2v) is 4.88. The summed E-state index contributed by atoms with van der Waals surface area (Å²) in [7, 11) is 0. The van der Waals surface area contributed by atoms with E-state index < -0.39 is 18.3 Å². The predicted molar refractivity (Wildman–Crippen MR) is 71.9 cm³/mol. The summed E-state index contributed by atoms with van der Waals surface area (Å²) in [6.45, 7) is 0.443. The largest absolute Gasteiger partial charge is 0.465 e. The fourth-order valence-corrected chi connectivity index (χ4v) is 2.21. The van der Waals surface area contributed by atoms with Crippen LogP contribution in [0, 0.1) is 0 Å². The van der Waals surface area contributed by atoms with E-state index in [9.17, 15) is 9.59 Å². The fourth-order valence-electron chi connectivity index (χ4n) is 1.80. The number of carboxylic acid groups (broad SMARTS) is 1. The van der Waals surface area contributed by atoms with Gasteiger partial charge in [-0.2, -0.15) is 0 Å². The van der Waals surface area contributed by atoms with Gasteiger partial charge in [-0.15, -0.1) is 11.8 Å². The predicted octanol–water partition coefficient (Wildman–Crippen LogP) is 2.00. The van der Waals surface area contributed by atoms with Gasteiger partial charge in [0.05, 0.1) is 13.1 Å². The molecule has 0 aromatic heterocycles. The molecule has 102 valence electrons. The number of hydrogen-bond acceptors (Lipinski definition) is 4. The Labute approximate surface area is 114 Å². The molecule has 0 spiro atoms. The van der Waals surface area contributed by atoms with E-state index in [0.29, 0.717) is 6.54 Å². The fraction of sp³-hybridized carbons (Fsp3) is 0.333. The molecule has 6 nitrogen and oxygen atoms in total. The van der Waals surface area contributed by atoms with Gasteiger partial charge in [0, 0.05) is 10.6 Å². The maximum atomic E-state index is 11.7. The summed E-state index contributed by atoms with van der Waals surface area (Å²) in [6.07, 6.45) is -0.0519. The number of nitrogens with one attached hydrogen (secondary N) is 1. The highest BCUT2D eigenvalue weighted by molar-refractivity contribution is 7.98. The van der Waals surface area contributed by atoms with Crippen LogP contribution in [0.15, 0.2) is 29.2 Å². The van der Waals surface area contributed by atoms with Crippen molar-refractivity contribution < 1.29 is 19.4 Å². The Kier molecular flexibility index (Phi) is 4.16. The molecule has 1 aliphatic heterocycles. The van der Waals surface area contributed by atoms with Crippen LogP contribution in [0.3, 0.4) is 0 Å². The molecule has 1 aromatic rings. The normalized spacial score (nSPS) is 18.3. The molecule has 1 fully saturated rings. The lowest BCUT2D eigenvalue weighted by Gasteiger charge is -2.13. The lowest BCUT2D eigenvalue weighted by molar-refractivity contribution is 0.136. The first-order valence-corrected chi connectivity index (χ1v) is 6.91. The molecular formula is C12H14N2O4S. The van der Waals surface area contributed by atoms with Gasteiger partial charge in [0.1, 0.15) is 6.10 Å². The van der Waals surface area contributed by atoms with Crippen molar-refractivity contribution in [3.8, 4) is 0 Å². The highest BCUT2D eigenvalue weighted by Gasteiger charge is 2.32. The van der Waals surface area contributed by atoms with E-state index in [4.69, 9.17) is 9.84 Å². The van der Waals surface area contributed by atoms with Crippen molar-refractivity contribution in [3.05, 3.63) is 24.3 Å². The number of amides is 2. The van der Waals surface area contributed by atoms with E-state index in [2.05, 4.69) is 5.32 Å². The monoisotopic (exact) mass is 282 g/mol. The molecule has 0 bridgehead atoms. The number of anilines is 1. The Morgan fingerprint density at radius 2 is 2.21 bits per heavy atom. The van der Waals surface area contributed by atoms with E-state index in [1.165, 1.54) is 4.90 Å². The third kappa shape index (κ3) is 3.31. The number of nitrogens with zero attached hydrogens (tertiary/aromatic N) is 1. The second kappa shape index (κ2) is 5.83. The number of ether oxygens (including phenoxy) is 1. The first kappa shape index (κ1) is 13.5. The lowest BCUT2D eigenvalue weighted by Crippen LogP contribution is -2.33. The minimum Gasteiger partial charge on any atom is -0.465 e. The van der Waals surface area contributed by atoms with E-state index in [1.54, 1.807) is 11.8 Å². The smallest absolute Gasteiger partial charge is 0.414 e. The number of carbonyl (C=O) groups is 2. The molecular weight excluding hydrogens is 268 g/mol. The van der Waals surface area contributed by atoms with Gasteiger partial charge in [0.2, 0.25) is 0 Å². The van der Waals surface area contributed by atoms with Crippen LogP contribution in [0.25, 0.3) is 0 Å². The van der Waals surface area contributed by atoms with Crippen molar-refractivity contribution in [2.75, 3.05) is 24.2 Å². The van der Waals surface area contributed by atoms with Gasteiger partial charge < -0.3 is 15.2 Å². The van der Waals surface area contributed by atoms with Crippen molar-refractivity contribution in [2.45, 2.75) is 11.0 Å². The molecule has 7 heteroatoms. The highest BCUT2D eigenvalue weighted by atomic mass is 32.2. The summed E-state index contributed by atoms with van der Waals surface area (Å²) >= 11 is 1.62. The van der Waals surface area contributed by atoms with E-state index in [-0.39, 0.29) is 6.54 Å². The molecule has 1 atom stereocenters. The van der Waals surface area contributed by atoms with Crippen molar-refractivity contribution in [2.24, 2.45) is 0 Å². The van der Waals surface area contributed by atoms with Crippen molar-refractivity contribution in [1.29, 1.82) is 0 Å². The van der Waals surface area contributed by atoms with Crippen LogP contribution in [0.5, 0.6) is 0 Å². The number of cyclic esters (lactones) is 1. The summed E-state index contributed by atoms with van der Waals surface area (Å²) in [5.41, 5.74) is 0.751. The van der Waals surface area contributed by atoms with Gasteiger partial charge in [0.25, 0.3) is 0 Å². The minimum absolute atomic E-state index is 0.0977. The minimum atomic E-state index is -1.13. The molecule has 2 N–H and O–H groups in total. The summed E-state index contributed by atoms with van der Waals surface area (Å²) in [5.74, 6) is 0. The molecule has 2 amide bonds.